The molecule has 2 aliphatic rings. The summed E-state index contributed by atoms with van der Waals surface area (Å²) in [6.45, 7) is 0. The average Bonchev–Trinajstić information content (AvgIpc) is 3.29. The van der Waals surface area contributed by atoms with E-state index in [1.54, 1.807) is 33.5 Å². The summed E-state index contributed by atoms with van der Waals surface area (Å²) in [5.41, 5.74) is 3.63. The first-order chi connectivity index (χ1) is 15.6. The SMILES string of the molecule is COc1ccc(C2Oc3c(OC)cccc3C3CC(c4ccc(F)cc4)=NN32)cc1OC. The van der Waals surface area contributed by atoms with Gasteiger partial charge in [0.25, 0.3) is 0 Å². The van der Waals surface area contributed by atoms with Crippen molar-refractivity contribution in [3.05, 3.63) is 83.2 Å². The van der Waals surface area contributed by atoms with Crippen LogP contribution in [0.5, 0.6) is 23.0 Å². The Kier molecular flexibility index (Phi) is 5.09. The van der Waals surface area contributed by atoms with Gasteiger partial charge in [-0.15, -0.1) is 0 Å². The van der Waals surface area contributed by atoms with Crippen LogP contribution < -0.4 is 18.9 Å². The van der Waals surface area contributed by atoms with E-state index in [-0.39, 0.29) is 11.9 Å². The van der Waals surface area contributed by atoms with E-state index in [1.165, 1.54) is 12.1 Å². The lowest BCUT2D eigenvalue weighted by atomic mass is 9.95. The van der Waals surface area contributed by atoms with Gasteiger partial charge in [0.2, 0.25) is 6.23 Å². The zero-order valence-corrected chi connectivity index (χ0v) is 18.0. The number of ether oxygens (including phenoxy) is 4. The number of rotatable bonds is 5. The van der Waals surface area contributed by atoms with Gasteiger partial charge in [-0.05, 0) is 42.0 Å². The third-order valence-corrected chi connectivity index (χ3v) is 5.87. The fourth-order valence-corrected chi connectivity index (χ4v) is 4.29. The van der Waals surface area contributed by atoms with Crippen molar-refractivity contribution in [1.29, 1.82) is 0 Å². The molecule has 0 radical (unpaired) electrons. The van der Waals surface area contributed by atoms with E-state index in [2.05, 4.69) is 0 Å². The molecule has 2 aliphatic heterocycles. The molecule has 0 N–H and O–H groups in total. The molecule has 0 saturated carbocycles. The molecule has 0 saturated heterocycles. The van der Waals surface area contributed by atoms with Gasteiger partial charge in [0.05, 0.1) is 33.1 Å². The third kappa shape index (κ3) is 3.30. The van der Waals surface area contributed by atoms with Crippen LogP contribution in [0.2, 0.25) is 0 Å². The molecule has 0 bridgehead atoms. The van der Waals surface area contributed by atoms with Crippen LogP contribution in [-0.2, 0) is 0 Å². The Balaban J connectivity index is 1.62. The topological polar surface area (TPSA) is 52.5 Å². The van der Waals surface area contributed by atoms with Gasteiger partial charge < -0.3 is 18.9 Å². The van der Waals surface area contributed by atoms with Gasteiger partial charge in [0, 0.05) is 17.5 Å². The van der Waals surface area contributed by atoms with Crippen LogP contribution >= 0.6 is 0 Å². The zero-order valence-electron chi connectivity index (χ0n) is 18.0. The minimum atomic E-state index is -0.499. The van der Waals surface area contributed by atoms with Gasteiger partial charge in [-0.25, -0.2) is 9.40 Å². The molecular weight excluding hydrogens is 411 g/mol. The number of fused-ring (bicyclic) bond motifs is 3. The van der Waals surface area contributed by atoms with E-state index < -0.39 is 6.23 Å². The fourth-order valence-electron chi connectivity index (χ4n) is 4.29. The highest BCUT2D eigenvalue weighted by atomic mass is 19.1. The summed E-state index contributed by atoms with van der Waals surface area (Å²) in [5.74, 6) is 2.34. The van der Waals surface area contributed by atoms with E-state index in [0.717, 1.165) is 22.4 Å². The number of hydrogen-bond donors (Lipinski definition) is 0. The number of benzene rings is 3. The predicted octanol–water partition coefficient (Wildman–Crippen LogP) is 5.09. The lowest BCUT2D eigenvalue weighted by Crippen LogP contribution is -2.33. The van der Waals surface area contributed by atoms with Crippen molar-refractivity contribution in [2.45, 2.75) is 18.7 Å². The lowest BCUT2D eigenvalue weighted by Gasteiger charge is -2.38. The molecule has 0 fully saturated rings. The molecule has 2 atom stereocenters. The van der Waals surface area contributed by atoms with Crippen LogP contribution in [0.1, 0.15) is 35.4 Å². The second kappa shape index (κ2) is 8.07. The minimum Gasteiger partial charge on any atom is -0.493 e. The van der Waals surface area contributed by atoms with Crippen LogP contribution in [0.15, 0.2) is 65.8 Å². The molecule has 3 aromatic carbocycles. The van der Waals surface area contributed by atoms with E-state index >= 15 is 0 Å². The molecule has 0 amide bonds. The van der Waals surface area contributed by atoms with Gasteiger partial charge in [0.15, 0.2) is 23.0 Å². The van der Waals surface area contributed by atoms with Gasteiger partial charge in [0.1, 0.15) is 5.82 Å². The maximum absolute atomic E-state index is 13.5. The van der Waals surface area contributed by atoms with Crippen LogP contribution in [0.25, 0.3) is 0 Å². The maximum Gasteiger partial charge on any atom is 0.214 e. The van der Waals surface area contributed by atoms with Crippen molar-refractivity contribution >= 4 is 5.71 Å². The summed E-state index contributed by atoms with van der Waals surface area (Å²) in [5, 5.41) is 6.87. The van der Waals surface area contributed by atoms with E-state index in [0.29, 0.717) is 29.4 Å². The molecule has 0 aromatic heterocycles. The minimum absolute atomic E-state index is 0.0491. The molecule has 164 valence electrons. The van der Waals surface area contributed by atoms with Crippen LogP contribution in [0.4, 0.5) is 4.39 Å². The molecule has 3 aromatic rings. The van der Waals surface area contributed by atoms with Crippen molar-refractivity contribution in [1.82, 2.24) is 5.01 Å². The number of para-hydroxylation sites is 1. The Hall–Kier alpha value is -3.74. The normalized spacial score (nSPS) is 18.9. The van der Waals surface area contributed by atoms with Crippen LogP contribution in [-0.4, -0.2) is 32.0 Å². The Morgan fingerprint density at radius 2 is 1.66 bits per heavy atom. The maximum atomic E-state index is 13.5. The van der Waals surface area contributed by atoms with Crippen molar-refractivity contribution in [2.24, 2.45) is 5.10 Å². The Morgan fingerprint density at radius 3 is 2.38 bits per heavy atom. The summed E-state index contributed by atoms with van der Waals surface area (Å²) in [7, 11) is 4.84. The second-order valence-electron chi connectivity index (χ2n) is 7.62. The number of methoxy groups -OCH3 is 3. The molecule has 7 heteroatoms. The Labute approximate surface area is 185 Å². The van der Waals surface area contributed by atoms with E-state index in [4.69, 9.17) is 24.0 Å². The molecule has 0 spiro atoms. The summed E-state index contributed by atoms with van der Waals surface area (Å²) in [6, 6.07) is 17.9. The van der Waals surface area contributed by atoms with Crippen molar-refractivity contribution in [3.63, 3.8) is 0 Å². The van der Waals surface area contributed by atoms with Gasteiger partial charge in [-0.2, -0.15) is 5.10 Å². The fraction of sp³-hybridized carbons (Fsp3) is 0.240. The molecule has 6 nitrogen and oxygen atoms in total. The van der Waals surface area contributed by atoms with Crippen molar-refractivity contribution in [3.8, 4) is 23.0 Å². The van der Waals surface area contributed by atoms with Gasteiger partial charge in [-0.1, -0.05) is 24.3 Å². The molecule has 2 unspecified atom stereocenters. The second-order valence-corrected chi connectivity index (χ2v) is 7.62. The summed E-state index contributed by atoms with van der Waals surface area (Å²) in [6.07, 6.45) is 0.167. The smallest absolute Gasteiger partial charge is 0.214 e. The number of halogens is 1. The summed E-state index contributed by atoms with van der Waals surface area (Å²) < 4.78 is 36.4. The first-order valence-electron chi connectivity index (χ1n) is 10.3. The highest BCUT2D eigenvalue weighted by molar-refractivity contribution is 6.02. The predicted molar refractivity (Wildman–Crippen MR) is 118 cm³/mol. The number of hydrogen-bond acceptors (Lipinski definition) is 6. The largest absolute Gasteiger partial charge is 0.493 e. The number of nitrogens with zero attached hydrogens (tertiary/aromatic N) is 2. The Bertz CT molecular complexity index is 1180. The zero-order chi connectivity index (χ0) is 22.2. The summed E-state index contributed by atoms with van der Waals surface area (Å²) in [4.78, 5) is 0. The first-order valence-corrected chi connectivity index (χ1v) is 10.3. The summed E-state index contributed by atoms with van der Waals surface area (Å²) >= 11 is 0. The molecule has 2 heterocycles. The standard InChI is InChI=1S/C25H23FN2O4/c1-29-21-12-9-16(13-23(21)31-3)25-28-20(18-5-4-6-22(30-2)24(18)32-25)14-19(27-28)15-7-10-17(26)11-8-15/h4-13,20,25H,14H2,1-3H3. The van der Waals surface area contributed by atoms with Crippen molar-refractivity contribution in [2.75, 3.05) is 21.3 Å². The highest BCUT2D eigenvalue weighted by Crippen LogP contribution is 2.51. The lowest BCUT2D eigenvalue weighted by molar-refractivity contribution is -0.0210. The molecule has 0 aliphatic carbocycles. The van der Waals surface area contributed by atoms with Crippen molar-refractivity contribution < 1.29 is 23.3 Å². The van der Waals surface area contributed by atoms with Gasteiger partial charge in [-0.3, -0.25) is 0 Å². The van der Waals surface area contributed by atoms with Crippen LogP contribution in [0, 0.1) is 5.82 Å². The highest BCUT2D eigenvalue weighted by Gasteiger charge is 2.42. The van der Waals surface area contributed by atoms with E-state index in [1.807, 2.05) is 41.4 Å². The van der Waals surface area contributed by atoms with E-state index in [9.17, 15) is 4.39 Å². The third-order valence-electron chi connectivity index (χ3n) is 5.87. The first kappa shape index (κ1) is 20.2. The van der Waals surface area contributed by atoms with Crippen LogP contribution in [0.3, 0.4) is 0 Å². The number of hydrazone groups is 1. The van der Waals surface area contributed by atoms with Gasteiger partial charge >= 0.3 is 0 Å². The monoisotopic (exact) mass is 434 g/mol. The quantitative estimate of drug-likeness (QED) is 0.560. The molecule has 5 rings (SSSR count). The molecule has 32 heavy (non-hydrogen) atoms. The average molecular weight is 434 g/mol. The Morgan fingerprint density at radius 1 is 0.906 bits per heavy atom. The molecular formula is C25H23FN2O4.